The molecule has 1 saturated heterocycles. The van der Waals surface area contributed by atoms with Crippen LogP contribution in [0.15, 0.2) is 23.4 Å². The van der Waals surface area contributed by atoms with E-state index >= 15 is 0 Å². The minimum absolute atomic E-state index is 0.0714. The summed E-state index contributed by atoms with van der Waals surface area (Å²) in [6.07, 6.45) is 0. The van der Waals surface area contributed by atoms with E-state index in [9.17, 15) is 9.59 Å². The van der Waals surface area contributed by atoms with E-state index in [-0.39, 0.29) is 17.7 Å². The van der Waals surface area contributed by atoms with Crippen molar-refractivity contribution in [3.8, 4) is 11.4 Å². The molecular formula is C14H16N6O3S. The lowest BCUT2D eigenvalue weighted by molar-refractivity contribution is -0.124. The third-order valence-electron chi connectivity index (χ3n) is 3.49. The second kappa shape index (κ2) is 6.87. The summed E-state index contributed by atoms with van der Waals surface area (Å²) in [4.78, 5) is 24.8. The van der Waals surface area contributed by atoms with Crippen LogP contribution in [0.4, 0.5) is 4.79 Å². The molecule has 2 heterocycles. The molecule has 126 valence electrons. The molecule has 3 rings (SSSR count). The van der Waals surface area contributed by atoms with Crippen molar-refractivity contribution in [2.24, 2.45) is 0 Å². The molecule has 1 fully saturated rings. The Hall–Kier alpha value is -2.62. The molecule has 1 aliphatic rings. The number of carbonyl (C=O) groups is 2. The van der Waals surface area contributed by atoms with Crippen LogP contribution in [-0.2, 0) is 4.79 Å². The number of benzene rings is 1. The fraction of sp³-hybridized carbons (Fsp3) is 0.357. The van der Waals surface area contributed by atoms with Crippen LogP contribution in [0.25, 0.3) is 5.69 Å². The van der Waals surface area contributed by atoms with Gasteiger partial charge in [0, 0.05) is 13.1 Å². The highest BCUT2D eigenvalue weighted by Gasteiger charge is 2.26. The molecule has 0 spiro atoms. The number of hydrogen-bond donors (Lipinski definition) is 1. The van der Waals surface area contributed by atoms with Gasteiger partial charge in [-0.1, -0.05) is 17.8 Å². The van der Waals surface area contributed by atoms with Gasteiger partial charge in [0.05, 0.1) is 12.9 Å². The summed E-state index contributed by atoms with van der Waals surface area (Å²) in [5, 5.41) is 14.7. The van der Waals surface area contributed by atoms with Crippen molar-refractivity contribution < 1.29 is 14.3 Å². The van der Waals surface area contributed by atoms with Crippen molar-refractivity contribution in [1.29, 1.82) is 0 Å². The normalized spacial score (nSPS) is 13.9. The molecule has 1 aromatic carbocycles. The van der Waals surface area contributed by atoms with Gasteiger partial charge in [0.2, 0.25) is 11.1 Å². The first-order valence-corrected chi connectivity index (χ1v) is 8.23. The molecule has 0 aliphatic carbocycles. The lowest BCUT2D eigenvalue weighted by atomic mass is 10.2. The number of aryl methyl sites for hydroxylation is 1. The highest BCUT2D eigenvalue weighted by Crippen LogP contribution is 2.27. The zero-order valence-corrected chi connectivity index (χ0v) is 14.0. The molecule has 24 heavy (non-hydrogen) atoms. The average Bonchev–Trinajstić information content (AvgIpc) is 3.21. The smallest absolute Gasteiger partial charge is 0.324 e. The van der Waals surface area contributed by atoms with E-state index in [1.807, 2.05) is 25.1 Å². The van der Waals surface area contributed by atoms with Gasteiger partial charge >= 0.3 is 6.03 Å². The van der Waals surface area contributed by atoms with Gasteiger partial charge in [-0.15, -0.1) is 5.10 Å². The number of amides is 3. The topological polar surface area (TPSA) is 102 Å². The molecule has 0 radical (unpaired) electrons. The van der Waals surface area contributed by atoms with Crippen LogP contribution >= 0.6 is 11.8 Å². The van der Waals surface area contributed by atoms with Crippen LogP contribution in [0.5, 0.6) is 5.75 Å². The lowest BCUT2D eigenvalue weighted by Gasteiger charge is -2.12. The Bertz CT molecular complexity index is 778. The monoisotopic (exact) mass is 348 g/mol. The first kappa shape index (κ1) is 16.2. The van der Waals surface area contributed by atoms with E-state index in [0.717, 1.165) is 5.56 Å². The zero-order chi connectivity index (χ0) is 17.1. The van der Waals surface area contributed by atoms with Crippen molar-refractivity contribution in [3.63, 3.8) is 0 Å². The molecule has 1 aromatic heterocycles. The zero-order valence-electron chi connectivity index (χ0n) is 13.2. The Balaban J connectivity index is 1.77. The molecule has 1 aliphatic heterocycles. The summed E-state index contributed by atoms with van der Waals surface area (Å²) in [6, 6.07) is 5.30. The number of aromatic nitrogens is 4. The maximum Gasteiger partial charge on any atom is 0.324 e. The Kier molecular flexibility index (Phi) is 4.65. The van der Waals surface area contributed by atoms with Crippen LogP contribution in [-0.4, -0.2) is 63.0 Å². The number of tetrazole rings is 1. The molecule has 0 atom stereocenters. The number of ether oxygens (including phenoxy) is 1. The van der Waals surface area contributed by atoms with Crippen LogP contribution in [0.1, 0.15) is 5.56 Å². The van der Waals surface area contributed by atoms with Crippen LogP contribution in [0.2, 0.25) is 0 Å². The third kappa shape index (κ3) is 3.18. The second-order valence-electron chi connectivity index (χ2n) is 5.11. The fourth-order valence-corrected chi connectivity index (χ4v) is 3.06. The predicted octanol–water partition coefficient (Wildman–Crippen LogP) is 0.623. The van der Waals surface area contributed by atoms with Gasteiger partial charge in [-0.3, -0.25) is 9.69 Å². The quantitative estimate of drug-likeness (QED) is 0.790. The van der Waals surface area contributed by atoms with Crippen LogP contribution in [0, 0.1) is 6.92 Å². The summed E-state index contributed by atoms with van der Waals surface area (Å²) >= 11 is 1.17. The van der Waals surface area contributed by atoms with Gasteiger partial charge in [0.15, 0.2) is 0 Å². The standard InChI is InChI=1S/C14H16N6O3S/c1-9-3-4-11(23-2)10(7-9)20-14(16-17-18-20)24-8-12(21)19-6-5-15-13(19)22/h3-4,7H,5-6,8H2,1-2H3,(H,15,22). The van der Waals surface area contributed by atoms with Crippen molar-refractivity contribution in [2.75, 3.05) is 26.0 Å². The molecule has 1 N–H and O–H groups in total. The Morgan fingerprint density at radius 1 is 1.46 bits per heavy atom. The Morgan fingerprint density at radius 3 is 3.00 bits per heavy atom. The van der Waals surface area contributed by atoms with Gasteiger partial charge in [0.25, 0.3) is 0 Å². The number of urea groups is 1. The molecule has 0 bridgehead atoms. The number of rotatable bonds is 5. The van der Waals surface area contributed by atoms with Gasteiger partial charge in [-0.2, -0.15) is 4.68 Å². The van der Waals surface area contributed by atoms with Crippen LogP contribution in [0.3, 0.4) is 0 Å². The number of nitrogens with zero attached hydrogens (tertiary/aromatic N) is 5. The number of nitrogens with one attached hydrogen (secondary N) is 1. The number of thioether (sulfide) groups is 1. The summed E-state index contributed by atoms with van der Waals surface area (Å²) in [5.41, 5.74) is 1.72. The predicted molar refractivity (Wildman–Crippen MR) is 86.3 cm³/mol. The maximum atomic E-state index is 12.1. The highest BCUT2D eigenvalue weighted by molar-refractivity contribution is 7.99. The highest BCUT2D eigenvalue weighted by atomic mass is 32.2. The van der Waals surface area contributed by atoms with Gasteiger partial charge < -0.3 is 10.1 Å². The largest absolute Gasteiger partial charge is 0.494 e. The third-order valence-corrected chi connectivity index (χ3v) is 4.39. The number of carbonyl (C=O) groups excluding carboxylic acids is 2. The van der Waals surface area contributed by atoms with E-state index in [4.69, 9.17) is 4.74 Å². The van der Waals surface area contributed by atoms with Crippen molar-refractivity contribution in [3.05, 3.63) is 23.8 Å². The Labute approximate surface area is 142 Å². The van der Waals surface area contributed by atoms with Crippen molar-refractivity contribution in [2.45, 2.75) is 12.1 Å². The number of hydrogen-bond acceptors (Lipinski definition) is 7. The first-order chi connectivity index (χ1) is 11.6. The summed E-state index contributed by atoms with van der Waals surface area (Å²) < 4.78 is 6.87. The van der Waals surface area contributed by atoms with E-state index < -0.39 is 0 Å². The van der Waals surface area contributed by atoms with Gasteiger partial charge in [-0.25, -0.2) is 4.79 Å². The molecular weight excluding hydrogens is 332 g/mol. The summed E-state index contributed by atoms with van der Waals surface area (Å²) in [5.74, 6) is 0.419. The summed E-state index contributed by atoms with van der Waals surface area (Å²) in [6.45, 7) is 2.82. The maximum absolute atomic E-state index is 12.1. The SMILES string of the molecule is COc1ccc(C)cc1-n1nnnc1SCC(=O)N1CCNC1=O. The van der Waals surface area contributed by atoms with Gasteiger partial charge in [-0.05, 0) is 35.0 Å². The molecule has 9 nitrogen and oxygen atoms in total. The number of methoxy groups -OCH3 is 1. The van der Waals surface area contributed by atoms with E-state index in [1.165, 1.54) is 21.3 Å². The van der Waals surface area contributed by atoms with Crippen molar-refractivity contribution >= 4 is 23.7 Å². The minimum Gasteiger partial charge on any atom is -0.494 e. The lowest BCUT2D eigenvalue weighted by Crippen LogP contribution is -2.35. The van der Waals surface area contributed by atoms with Gasteiger partial charge in [0.1, 0.15) is 11.4 Å². The fourth-order valence-electron chi connectivity index (χ4n) is 2.30. The van der Waals surface area contributed by atoms with Crippen LogP contribution < -0.4 is 10.1 Å². The Morgan fingerprint density at radius 2 is 2.29 bits per heavy atom. The minimum atomic E-state index is -0.361. The molecule has 0 saturated carbocycles. The van der Waals surface area contributed by atoms with Crippen molar-refractivity contribution in [1.82, 2.24) is 30.4 Å². The number of imide groups is 1. The first-order valence-electron chi connectivity index (χ1n) is 7.24. The van der Waals surface area contributed by atoms with E-state index in [0.29, 0.717) is 29.7 Å². The molecule has 10 heteroatoms. The van der Waals surface area contributed by atoms with E-state index in [1.54, 1.807) is 7.11 Å². The molecule has 0 unspecified atom stereocenters. The van der Waals surface area contributed by atoms with E-state index in [2.05, 4.69) is 20.8 Å². The second-order valence-corrected chi connectivity index (χ2v) is 6.06. The molecule has 2 aromatic rings. The molecule has 3 amide bonds. The summed E-state index contributed by atoms with van der Waals surface area (Å²) in [7, 11) is 1.57. The average molecular weight is 348 g/mol.